The van der Waals surface area contributed by atoms with Crippen molar-refractivity contribution in [1.82, 2.24) is 16.0 Å². The maximum absolute atomic E-state index is 11.2. The molecule has 46 heavy (non-hydrogen) atoms. The van der Waals surface area contributed by atoms with Crippen LogP contribution in [0.5, 0.6) is 0 Å². The lowest BCUT2D eigenvalue weighted by Crippen LogP contribution is -2.26. The van der Waals surface area contributed by atoms with Gasteiger partial charge in [0.2, 0.25) is 0 Å². The average molecular weight is 640 g/mol. The van der Waals surface area contributed by atoms with Gasteiger partial charge in [-0.1, -0.05) is 76.1 Å². The Morgan fingerprint density at radius 2 is 1.11 bits per heavy atom. The highest BCUT2D eigenvalue weighted by molar-refractivity contribution is 5.89. The molecule has 0 rings (SSSR count). The van der Waals surface area contributed by atoms with E-state index in [9.17, 15) is 9.59 Å². The van der Waals surface area contributed by atoms with Crippen molar-refractivity contribution in [2.24, 2.45) is 5.41 Å². The molecule has 0 aromatic heterocycles. The van der Waals surface area contributed by atoms with Gasteiger partial charge >= 0.3 is 0 Å². The van der Waals surface area contributed by atoms with Crippen LogP contribution in [0.3, 0.4) is 0 Å². The quantitative estimate of drug-likeness (QED) is 0.0225. The molecule has 0 bridgehead atoms. The Balaban J connectivity index is 0. The fraction of sp³-hybridized carbons (Fsp3) is 0.600. The molecule has 0 aliphatic rings. The summed E-state index contributed by atoms with van der Waals surface area (Å²) in [5, 5.41) is 10.1. The highest BCUT2D eigenvalue weighted by Crippen LogP contribution is 2.34. The van der Waals surface area contributed by atoms with E-state index in [-0.39, 0.29) is 17.0 Å². The first kappa shape index (κ1) is 45.3. The third kappa shape index (κ3) is 28.7. The summed E-state index contributed by atoms with van der Waals surface area (Å²) in [5.74, 6) is 1.10. The van der Waals surface area contributed by atoms with Gasteiger partial charge < -0.3 is 20.7 Å². The van der Waals surface area contributed by atoms with Crippen molar-refractivity contribution < 1.29 is 14.3 Å². The highest BCUT2D eigenvalue weighted by Gasteiger charge is 2.27. The number of hydrogen-bond donors (Lipinski definition) is 3. The van der Waals surface area contributed by atoms with E-state index in [1.165, 1.54) is 23.3 Å². The Kier molecular flexibility index (Phi) is 30.4. The van der Waals surface area contributed by atoms with Crippen molar-refractivity contribution in [3.63, 3.8) is 0 Å². The van der Waals surface area contributed by atoms with Crippen LogP contribution in [0.4, 0.5) is 0 Å². The van der Waals surface area contributed by atoms with Gasteiger partial charge in [-0.3, -0.25) is 9.59 Å². The molecule has 0 aromatic carbocycles. The molecule has 0 atom stereocenters. The molecule has 3 N–H and O–H groups in total. The Morgan fingerprint density at radius 3 is 1.57 bits per heavy atom. The third-order valence-corrected chi connectivity index (χ3v) is 8.20. The van der Waals surface area contributed by atoms with Crippen LogP contribution in [0.25, 0.3) is 0 Å². The molecule has 0 aliphatic carbocycles. The summed E-state index contributed by atoms with van der Waals surface area (Å²) < 4.78 is 6.10. The third-order valence-electron chi connectivity index (χ3n) is 8.20. The van der Waals surface area contributed by atoms with Gasteiger partial charge in [-0.25, -0.2) is 0 Å². The summed E-state index contributed by atoms with van der Waals surface area (Å²) >= 11 is 0. The van der Waals surface area contributed by atoms with Crippen LogP contribution in [0.1, 0.15) is 104 Å². The Bertz CT molecular complexity index is 880. The lowest BCUT2D eigenvalue weighted by Gasteiger charge is -2.32. The van der Waals surface area contributed by atoms with Gasteiger partial charge in [0.1, 0.15) is 0 Å². The van der Waals surface area contributed by atoms with Gasteiger partial charge in [-0.2, -0.15) is 0 Å². The SMILES string of the molecule is C=CC(=C)CCCNCCC(=C)OCC(CC)(CC)CCC(=C)CCNCCCC(=O)C=C.C=CC(=O)CCCNCCC(=C)C. The van der Waals surface area contributed by atoms with E-state index < -0.39 is 0 Å². The van der Waals surface area contributed by atoms with E-state index in [2.05, 4.69) is 75.9 Å². The first-order chi connectivity index (χ1) is 22.0. The first-order valence-electron chi connectivity index (χ1n) is 17.3. The molecule has 0 unspecified atom stereocenters. The van der Waals surface area contributed by atoms with Crippen LogP contribution in [-0.4, -0.2) is 57.4 Å². The van der Waals surface area contributed by atoms with Crippen LogP contribution in [0.2, 0.25) is 0 Å². The predicted molar refractivity (Wildman–Crippen MR) is 201 cm³/mol. The van der Waals surface area contributed by atoms with Gasteiger partial charge in [0.25, 0.3) is 0 Å². The number of rotatable bonds is 32. The van der Waals surface area contributed by atoms with E-state index in [1.54, 1.807) is 0 Å². The maximum atomic E-state index is 11.2. The molecule has 0 aliphatic heterocycles. The lowest BCUT2D eigenvalue weighted by molar-refractivity contribution is -0.115. The molecule has 0 radical (unpaired) electrons. The Morgan fingerprint density at radius 1 is 0.630 bits per heavy atom. The number of ketones is 2. The highest BCUT2D eigenvalue weighted by atomic mass is 16.5. The molecule has 262 valence electrons. The Labute approximate surface area is 283 Å². The van der Waals surface area contributed by atoms with Crippen LogP contribution in [0, 0.1) is 5.41 Å². The summed E-state index contributed by atoms with van der Waals surface area (Å²) in [5.41, 5.74) is 3.73. The topological polar surface area (TPSA) is 79.5 Å². The molecule has 0 heterocycles. The molecule has 6 heteroatoms. The van der Waals surface area contributed by atoms with Gasteiger partial charge in [0.15, 0.2) is 11.6 Å². The Hall–Kier alpha value is -2.80. The summed E-state index contributed by atoms with van der Waals surface area (Å²) in [6, 6.07) is 0. The second-order valence-electron chi connectivity index (χ2n) is 12.3. The molecule has 0 saturated carbocycles. The van der Waals surface area contributed by atoms with Gasteiger partial charge in [0.05, 0.1) is 12.4 Å². The smallest absolute Gasteiger partial charge is 0.155 e. The molecule has 6 nitrogen and oxygen atoms in total. The van der Waals surface area contributed by atoms with E-state index >= 15 is 0 Å². The van der Waals surface area contributed by atoms with Crippen molar-refractivity contribution in [2.75, 3.05) is 45.9 Å². The minimum absolute atomic E-state index is 0.115. The minimum Gasteiger partial charge on any atom is -0.498 e. The summed E-state index contributed by atoms with van der Waals surface area (Å²) in [6.45, 7) is 39.5. The zero-order chi connectivity index (χ0) is 35.1. The summed E-state index contributed by atoms with van der Waals surface area (Å²) in [7, 11) is 0. The lowest BCUT2D eigenvalue weighted by atomic mass is 9.78. The van der Waals surface area contributed by atoms with Gasteiger partial charge in [-0.15, -0.1) is 6.58 Å². The van der Waals surface area contributed by atoms with Crippen molar-refractivity contribution in [3.8, 4) is 0 Å². The zero-order valence-corrected chi connectivity index (χ0v) is 30.0. The van der Waals surface area contributed by atoms with Crippen LogP contribution in [0.15, 0.2) is 86.8 Å². The van der Waals surface area contributed by atoms with E-state index in [0.717, 1.165) is 128 Å². The van der Waals surface area contributed by atoms with Crippen molar-refractivity contribution >= 4 is 11.6 Å². The number of allylic oxidation sites excluding steroid dienone is 4. The molecular weight excluding hydrogens is 570 g/mol. The number of ether oxygens (including phenoxy) is 1. The van der Waals surface area contributed by atoms with E-state index in [1.807, 2.05) is 13.0 Å². The molecule has 0 aromatic rings. The van der Waals surface area contributed by atoms with Crippen molar-refractivity contribution in [2.45, 2.75) is 104 Å². The van der Waals surface area contributed by atoms with Crippen LogP contribution in [-0.2, 0) is 14.3 Å². The second kappa shape index (κ2) is 30.8. The fourth-order valence-corrected chi connectivity index (χ4v) is 4.47. The number of nitrogens with one attached hydrogen (secondary N) is 3. The number of carbonyl (C=O) groups is 2. The molecule has 0 amide bonds. The standard InChI is InChI=1S/C29H50N2O2.C11H19NO/c1-8-25(5)14-12-20-31-23-18-27(7)33-24-29(10-3,11-4)19-16-26(6)17-22-30-21-13-15-28(32)9-2;1-4-11(13)6-5-8-12-9-7-10(2)3/h8-9,30-31H,1-2,5-7,10-24H2,3-4H3;4,12H,1-2,5-9H2,3H3. The van der Waals surface area contributed by atoms with Gasteiger partial charge in [-0.05, 0) is 116 Å². The summed E-state index contributed by atoms with van der Waals surface area (Å²) in [6.07, 6.45) is 16.7. The zero-order valence-electron chi connectivity index (χ0n) is 30.0. The van der Waals surface area contributed by atoms with Crippen molar-refractivity contribution in [3.05, 3.63) is 86.8 Å². The largest absolute Gasteiger partial charge is 0.498 e. The minimum atomic E-state index is 0.115. The normalized spacial score (nSPS) is 10.7. The monoisotopic (exact) mass is 640 g/mol. The maximum Gasteiger partial charge on any atom is 0.155 e. The number of carbonyl (C=O) groups excluding carboxylic acids is 2. The van der Waals surface area contributed by atoms with E-state index in [0.29, 0.717) is 12.8 Å². The van der Waals surface area contributed by atoms with Gasteiger partial charge in [0, 0.05) is 31.2 Å². The average Bonchev–Trinajstić information content (AvgIpc) is 3.05. The van der Waals surface area contributed by atoms with Crippen LogP contribution >= 0.6 is 0 Å². The first-order valence-corrected chi connectivity index (χ1v) is 17.3. The molecule has 0 spiro atoms. The fourth-order valence-electron chi connectivity index (χ4n) is 4.47. The van der Waals surface area contributed by atoms with E-state index in [4.69, 9.17) is 4.74 Å². The van der Waals surface area contributed by atoms with Crippen LogP contribution < -0.4 is 16.0 Å². The van der Waals surface area contributed by atoms with Crippen molar-refractivity contribution in [1.29, 1.82) is 0 Å². The number of hydrogen-bond acceptors (Lipinski definition) is 6. The summed E-state index contributed by atoms with van der Waals surface area (Å²) in [4.78, 5) is 22.0. The predicted octanol–water partition coefficient (Wildman–Crippen LogP) is 8.75. The molecule has 0 saturated heterocycles. The molecular formula is C40H69N3O3. The second-order valence-corrected chi connectivity index (χ2v) is 12.3. The molecule has 0 fully saturated rings.